The molecule has 0 amide bonds. The number of benzene rings is 9. The van der Waals surface area contributed by atoms with Gasteiger partial charge in [-0.1, -0.05) is 133 Å². The number of aromatic nitrogens is 1. The van der Waals surface area contributed by atoms with Gasteiger partial charge in [0.25, 0.3) is 0 Å². The first-order valence-corrected chi connectivity index (χ1v) is 16.4. The Bertz CT molecular complexity index is 2930. The maximum atomic E-state index is 2.47. The molecule has 0 saturated carbocycles. The zero-order valence-corrected chi connectivity index (χ0v) is 25.5. The first-order chi connectivity index (χ1) is 23.3. The van der Waals surface area contributed by atoms with Gasteiger partial charge in [-0.05, 0) is 107 Å². The number of nitrogens with zero attached hydrogens (tertiary/aromatic N) is 1. The Kier molecular flexibility index (Phi) is 4.90. The van der Waals surface area contributed by atoms with Crippen LogP contribution >= 0.6 is 0 Å². The molecule has 47 heavy (non-hydrogen) atoms. The molecule has 0 unspecified atom stereocenters. The Morgan fingerprint density at radius 3 is 1.55 bits per heavy atom. The number of hydrogen-bond acceptors (Lipinski definition) is 0. The van der Waals surface area contributed by atoms with Crippen molar-refractivity contribution in [3.8, 4) is 39.1 Å². The third-order valence-electron chi connectivity index (χ3n) is 10.5. The monoisotopic (exact) mass is 593 g/mol. The number of fused-ring (bicyclic) bond motifs is 12. The maximum absolute atomic E-state index is 2.47. The first kappa shape index (κ1) is 25.1. The van der Waals surface area contributed by atoms with E-state index in [4.69, 9.17) is 0 Å². The molecule has 1 nitrogen and oxygen atoms in total. The highest BCUT2D eigenvalue weighted by Gasteiger charge is 2.22. The summed E-state index contributed by atoms with van der Waals surface area (Å²) in [6.45, 7) is 0. The molecule has 0 fully saturated rings. The van der Waals surface area contributed by atoms with Crippen LogP contribution in [0.1, 0.15) is 0 Å². The summed E-state index contributed by atoms with van der Waals surface area (Å²) < 4.78 is 2.47. The molecule has 11 rings (SSSR count). The molecule has 1 aromatic heterocycles. The summed E-state index contributed by atoms with van der Waals surface area (Å²) in [5, 5.41) is 13.0. The third-order valence-corrected chi connectivity index (χ3v) is 10.5. The summed E-state index contributed by atoms with van der Waals surface area (Å²) in [5.41, 5.74) is 11.4. The minimum absolute atomic E-state index is 1.17. The van der Waals surface area contributed by atoms with Gasteiger partial charge < -0.3 is 4.57 Å². The van der Waals surface area contributed by atoms with Gasteiger partial charge in [0.15, 0.2) is 0 Å². The molecule has 1 aliphatic carbocycles. The van der Waals surface area contributed by atoms with E-state index in [0.29, 0.717) is 0 Å². The number of hydrogen-bond donors (Lipinski definition) is 0. The minimum atomic E-state index is 1.17. The van der Waals surface area contributed by atoms with Crippen LogP contribution in [0.3, 0.4) is 0 Å². The van der Waals surface area contributed by atoms with E-state index >= 15 is 0 Å². The fraction of sp³-hybridized carbons (Fsp3) is 0. The second-order valence-corrected chi connectivity index (χ2v) is 12.8. The molecule has 0 spiro atoms. The van der Waals surface area contributed by atoms with Crippen molar-refractivity contribution in [2.45, 2.75) is 0 Å². The summed E-state index contributed by atoms with van der Waals surface area (Å²) in [7, 11) is 0. The van der Waals surface area contributed by atoms with Gasteiger partial charge in [0.2, 0.25) is 0 Å². The van der Waals surface area contributed by atoms with E-state index in [1.165, 1.54) is 104 Å². The van der Waals surface area contributed by atoms with E-state index in [1.54, 1.807) is 0 Å². The van der Waals surface area contributed by atoms with E-state index in [-0.39, 0.29) is 0 Å². The standard InChI is InChI=1S/C46H27N/c1-5-17-35-31(13-1)32-14-2-6-18-36(32)42-27-45-43(26-41(35)42)37-19-7-8-22-44(37)47(45)29-12-9-11-28(25-29)30-23-24-40-34-16-4-3-15-33(34)39-21-10-20-38(30)46(39)40/h1-27H. The summed E-state index contributed by atoms with van der Waals surface area (Å²) in [6, 6.07) is 60.7. The molecule has 0 bridgehead atoms. The van der Waals surface area contributed by atoms with Crippen LogP contribution in [-0.4, -0.2) is 4.57 Å². The Hall–Kier alpha value is -6.18. The quantitative estimate of drug-likeness (QED) is 0.176. The van der Waals surface area contributed by atoms with Gasteiger partial charge in [-0.15, -0.1) is 0 Å². The molecule has 1 heterocycles. The average molecular weight is 594 g/mol. The van der Waals surface area contributed by atoms with Crippen molar-refractivity contribution in [2.75, 3.05) is 0 Å². The summed E-state index contributed by atoms with van der Waals surface area (Å²) in [5.74, 6) is 0. The van der Waals surface area contributed by atoms with Crippen molar-refractivity contribution in [1.82, 2.24) is 4.57 Å². The second kappa shape index (κ2) is 9.19. The van der Waals surface area contributed by atoms with Gasteiger partial charge >= 0.3 is 0 Å². The van der Waals surface area contributed by atoms with E-state index in [0.717, 1.165) is 0 Å². The highest BCUT2D eigenvalue weighted by atomic mass is 15.0. The van der Waals surface area contributed by atoms with Gasteiger partial charge in [-0.25, -0.2) is 0 Å². The van der Waals surface area contributed by atoms with E-state index < -0.39 is 0 Å². The van der Waals surface area contributed by atoms with Crippen molar-refractivity contribution in [3.63, 3.8) is 0 Å². The van der Waals surface area contributed by atoms with Crippen LogP contribution < -0.4 is 0 Å². The van der Waals surface area contributed by atoms with Crippen LogP contribution in [0.2, 0.25) is 0 Å². The second-order valence-electron chi connectivity index (χ2n) is 12.8. The minimum Gasteiger partial charge on any atom is -0.309 e. The smallest absolute Gasteiger partial charge is 0.0547 e. The van der Waals surface area contributed by atoms with Crippen LogP contribution in [0.5, 0.6) is 0 Å². The lowest BCUT2D eigenvalue weighted by atomic mass is 9.93. The van der Waals surface area contributed by atoms with Crippen LogP contribution in [0, 0.1) is 0 Å². The predicted octanol–water partition coefficient (Wildman–Crippen LogP) is 12.7. The van der Waals surface area contributed by atoms with Crippen LogP contribution in [-0.2, 0) is 0 Å². The summed E-state index contributed by atoms with van der Waals surface area (Å²) in [4.78, 5) is 0. The highest BCUT2D eigenvalue weighted by molar-refractivity contribution is 6.29. The van der Waals surface area contributed by atoms with Crippen molar-refractivity contribution in [1.29, 1.82) is 0 Å². The normalized spacial score (nSPS) is 12.3. The first-order valence-electron chi connectivity index (χ1n) is 16.4. The fourth-order valence-electron chi connectivity index (χ4n) is 8.52. The maximum Gasteiger partial charge on any atom is 0.0547 e. The number of rotatable bonds is 2. The molecule has 1 aliphatic rings. The Balaban J connectivity index is 1.20. The van der Waals surface area contributed by atoms with Crippen LogP contribution in [0.4, 0.5) is 0 Å². The zero-order chi connectivity index (χ0) is 30.6. The molecular formula is C46H27N. The van der Waals surface area contributed by atoms with Gasteiger partial charge in [0.05, 0.1) is 11.0 Å². The third kappa shape index (κ3) is 3.33. The Morgan fingerprint density at radius 2 is 0.809 bits per heavy atom. The van der Waals surface area contributed by atoms with Crippen molar-refractivity contribution < 1.29 is 0 Å². The molecule has 0 aliphatic heterocycles. The van der Waals surface area contributed by atoms with E-state index in [1.807, 2.05) is 0 Å². The lowest BCUT2D eigenvalue weighted by Crippen LogP contribution is -1.95. The Labute approximate surface area is 271 Å². The van der Waals surface area contributed by atoms with Gasteiger partial charge in [0.1, 0.15) is 0 Å². The van der Waals surface area contributed by atoms with E-state index in [9.17, 15) is 0 Å². The summed E-state index contributed by atoms with van der Waals surface area (Å²) in [6.07, 6.45) is 0. The predicted molar refractivity (Wildman–Crippen MR) is 201 cm³/mol. The lowest BCUT2D eigenvalue weighted by molar-refractivity contribution is 1.18. The molecule has 0 saturated heterocycles. The average Bonchev–Trinajstić information content (AvgIpc) is 3.65. The highest BCUT2D eigenvalue weighted by Crippen LogP contribution is 2.49. The van der Waals surface area contributed by atoms with Crippen LogP contribution in [0.25, 0.3) is 104 Å². The molecule has 10 aromatic rings. The topological polar surface area (TPSA) is 4.93 Å². The molecule has 1 heteroatoms. The van der Waals surface area contributed by atoms with Gasteiger partial charge in [-0.3, -0.25) is 0 Å². The van der Waals surface area contributed by atoms with Crippen LogP contribution in [0.15, 0.2) is 164 Å². The lowest BCUT2D eigenvalue weighted by Gasteiger charge is -2.14. The fourth-order valence-corrected chi connectivity index (χ4v) is 8.52. The van der Waals surface area contributed by atoms with Gasteiger partial charge in [0, 0.05) is 16.5 Å². The van der Waals surface area contributed by atoms with Gasteiger partial charge in [-0.2, -0.15) is 0 Å². The van der Waals surface area contributed by atoms with Crippen molar-refractivity contribution in [3.05, 3.63) is 164 Å². The zero-order valence-electron chi connectivity index (χ0n) is 25.5. The molecular weight excluding hydrogens is 567 g/mol. The van der Waals surface area contributed by atoms with E-state index in [2.05, 4.69) is 168 Å². The Morgan fingerprint density at radius 1 is 0.277 bits per heavy atom. The van der Waals surface area contributed by atoms with Crippen molar-refractivity contribution >= 4 is 64.9 Å². The molecule has 0 radical (unpaired) electrons. The SMILES string of the molecule is c1cc(-c2ccc3c4c(cccc24)-c2ccccc2-3)cc(-n2c3ccccc3c3cc4c5ccccc5c5ccccc5c4cc32)c1. The summed E-state index contributed by atoms with van der Waals surface area (Å²) >= 11 is 0. The number of para-hydroxylation sites is 1. The molecule has 0 N–H and O–H groups in total. The molecule has 0 atom stereocenters. The molecule has 216 valence electrons. The molecule has 9 aromatic carbocycles. The largest absolute Gasteiger partial charge is 0.309 e. The van der Waals surface area contributed by atoms with Crippen molar-refractivity contribution in [2.24, 2.45) is 0 Å².